The van der Waals surface area contributed by atoms with Crippen molar-refractivity contribution >= 4 is 41.3 Å². The Morgan fingerprint density at radius 3 is 2.33 bits per heavy atom. The van der Waals surface area contributed by atoms with Crippen molar-refractivity contribution in [2.24, 2.45) is 4.99 Å². The van der Waals surface area contributed by atoms with Crippen LogP contribution >= 0.6 is 24.0 Å². The van der Waals surface area contributed by atoms with Gasteiger partial charge < -0.3 is 29.9 Å². The number of rotatable bonds is 8. The molecule has 7 nitrogen and oxygen atoms in total. The highest BCUT2D eigenvalue weighted by atomic mass is 127. The Balaban J connectivity index is 0.00000385. The summed E-state index contributed by atoms with van der Waals surface area (Å²) in [5, 5.41) is 6.48. The summed E-state index contributed by atoms with van der Waals surface area (Å²) < 4.78 is 25.5. The molecule has 33 heavy (non-hydrogen) atoms. The minimum Gasteiger partial charge on any atom is -0.493 e. The number of nitrogens with zero attached hydrogens (tertiary/aromatic N) is 3. The van der Waals surface area contributed by atoms with Gasteiger partial charge in [-0.05, 0) is 43.3 Å². The van der Waals surface area contributed by atoms with Gasteiger partial charge in [-0.1, -0.05) is 13.0 Å². The van der Waals surface area contributed by atoms with Gasteiger partial charge in [-0.2, -0.15) is 0 Å². The quantitative estimate of drug-likeness (QED) is 0.282. The number of piperazine rings is 1. The number of methoxy groups -OCH3 is 2. The van der Waals surface area contributed by atoms with Crippen LogP contribution in [0.25, 0.3) is 0 Å². The molecule has 0 atom stereocenters. The van der Waals surface area contributed by atoms with Gasteiger partial charge in [0.2, 0.25) is 0 Å². The number of benzene rings is 2. The van der Waals surface area contributed by atoms with Crippen LogP contribution in [0.15, 0.2) is 41.4 Å². The van der Waals surface area contributed by atoms with Crippen LogP contribution in [0.5, 0.6) is 11.5 Å². The van der Waals surface area contributed by atoms with Crippen LogP contribution in [0.4, 0.5) is 15.8 Å². The van der Waals surface area contributed by atoms with Gasteiger partial charge in [0.25, 0.3) is 0 Å². The molecule has 2 N–H and O–H groups in total. The molecule has 9 heteroatoms. The van der Waals surface area contributed by atoms with Crippen LogP contribution in [0.3, 0.4) is 0 Å². The van der Waals surface area contributed by atoms with Crippen molar-refractivity contribution in [3.63, 3.8) is 0 Å². The monoisotopic (exact) mass is 571 g/mol. The Kier molecular flexibility index (Phi) is 11.0. The Morgan fingerprint density at radius 1 is 1.00 bits per heavy atom. The molecule has 0 spiro atoms. The van der Waals surface area contributed by atoms with E-state index >= 15 is 0 Å². The van der Waals surface area contributed by atoms with Gasteiger partial charge in [0, 0.05) is 44.5 Å². The number of halogens is 2. The van der Waals surface area contributed by atoms with Crippen molar-refractivity contribution in [1.29, 1.82) is 0 Å². The fourth-order valence-corrected chi connectivity index (χ4v) is 3.74. The van der Waals surface area contributed by atoms with Gasteiger partial charge in [-0.25, -0.2) is 9.38 Å². The molecule has 3 rings (SSSR count). The number of nitrogens with one attached hydrogen (secondary N) is 2. The third-order valence-electron chi connectivity index (χ3n) is 5.58. The Morgan fingerprint density at radius 2 is 1.73 bits per heavy atom. The predicted octanol–water partition coefficient (Wildman–Crippen LogP) is 4.18. The third-order valence-corrected chi connectivity index (χ3v) is 5.58. The Hall–Kier alpha value is -2.27. The van der Waals surface area contributed by atoms with Crippen LogP contribution < -0.4 is 25.0 Å². The lowest BCUT2D eigenvalue weighted by atomic mass is 10.1. The van der Waals surface area contributed by atoms with Gasteiger partial charge in [-0.15, -0.1) is 24.0 Å². The number of anilines is 2. The summed E-state index contributed by atoms with van der Waals surface area (Å²) >= 11 is 0. The highest BCUT2D eigenvalue weighted by Crippen LogP contribution is 2.29. The summed E-state index contributed by atoms with van der Waals surface area (Å²) in [6.45, 7) is 9.90. The van der Waals surface area contributed by atoms with Crippen LogP contribution in [0.2, 0.25) is 0 Å². The number of ether oxygens (including phenoxy) is 2. The second-order valence-electron chi connectivity index (χ2n) is 7.60. The molecule has 1 heterocycles. The van der Waals surface area contributed by atoms with Crippen molar-refractivity contribution in [1.82, 2.24) is 10.2 Å². The number of hydrogen-bond donors (Lipinski definition) is 2. The molecule has 0 bridgehead atoms. The van der Waals surface area contributed by atoms with Crippen molar-refractivity contribution in [2.75, 3.05) is 63.7 Å². The Bertz CT molecular complexity index is 920. The normalized spacial score (nSPS) is 14.5. The smallest absolute Gasteiger partial charge is 0.196 e. The minimum absolute atomic E-state index is 0. The molecular weight excluding hydrogens is 536 g/mol. The maximum Gasteiger partial charge on any atom is 0.196 e. The zero-order valence-corrected chi connectivity index (χ0v) is 22.2. The van der Waals surface area contributed by atoms with E-state index in [9.17, 15) is 4.39 Å². The topological polar surface area (TPSA) is 61.4 Å². The molecule has 2 aromatic rings. The van der Waals surface area contributed by atoms with Crippen LogP contribution in [-0.2, 0) is 6.54 Å². The lowest BCUT2D eigenvalue weighted by Crippen LogP contribution is -2.46. The van der Waals surface area contributed by atoms with Crippen LogP contribution in [0, 0.1) is 5.82 Å². The summed E-state index contributed by atoms with van der Waals surface area (Å²) in [5.41, 5.74) is 2.31. The number of hydrogen-bond acceptors (Lipinski definition) is 5. The lowest BCUT2D eigenvalue weighted by molar-refractivity contribution is 0.270. The van der Waals surface area contributed by atoms with Crippen molar-refractivity contribution in [3.8, 4) is 11.5 Å². The highest BCUT2D eigenvalue weighted by molar-refractivity contribution is 14.0. The molecule has 2 aromatic carbocycles. The Labute approximate surface area is 213 Å². The standard InChI is InChI=1S/C24H34FN5O2.HI/c1-5-26-24(28-19-8-10-22(31-3)23(16-19)32-4)27-17-18-7-9-21(20(25)15-18)30-13-11-29(6-2)12-14-30;/h7-10,15-16H,5-6,11-14,17H2,1-4H3,(H2,26,27,28);1H. The van der Waals surface area contributed by atoms with Crippen molar-refractivity contribution in [3.05, 3.63) is 47.8 Å². The van der Waals surface area contributed by atoms with Crippen LogP contribution in [0.1, 0.15) is 19.4 Å². The van der Waals surface area contributed by atoms with Crippen molar-refractivity contribution < 1.29 is 13.9 Å². The van der Waals surface area contributed by atoms with E-state index < -0.39 is 0 Å². The first-order valence-electron chi connectivity index (χ1n) is 11.1. The number of aliphatic imine (C=N–C) groups is 1. The average molecular weight is 571 g/mol. The van der Waals surface area contributed by atoms with E-state index in [1.807, 2.05) is 37.3 Å². The molecule has 182 valence electrons. The van der Waals surface area contributed by atoms with E-state index in [2.05, 4.69) is 32.3 Å². The van der Waals surface area contributed by atoms with Gasteiger partial charge >= 0.3 is 0 Å². The molecule has 1 fully saturated rings. The molecule has 1 saturated heterocycles. The molecule has 0 amide bonds. The third kappa shape index (κ3) is 7.36. The zero-order chi connectivity index (χ0) is 22.9. The summed E-state index contributed by atoms with van der Waals surface area (Å²) in [6, 6.07) is 11.0. The fourth-order valence-electron chi connectivity index (χ4n) is 3.74. The van der Waals surface area contributed by atoms with Gasteiger partial charge in [0.15, 0.2) is 17.5 Å². The molecule has 0 saturated carbocycles. The van der Waals surface area contributed by atoms with Gasteiger partial charge in [0.05, 0.1) is 26.5 Å². The molecule has 0 radical (unpaired) electrons. The first-order chi connectivity index (χ1) is 15.6. The summed E-state index contributed by atoms with van der Waals surface area (Å²) in [5.74, 6) is 1.71. The largest absolute Gasteiger partial charge is 0.493 e. The molecule has 0 aliphatic carbocycles. The first-order valence-corrected chi connectivity index (χ1v) is 11.1. The maximum absolute atomic E-state index is 14.8. The highest BCUT2D eigenvalue weighted by Gasteiger charge is 2.18. The second-order valence-corrected chi connectivity index (χ2v) is 7.60. The average Bonchev–Trinajstić information content (AvgIpc) is 2.82. The molecule has 0 unspecified atom stereocenters. The van der Waals surface area contributed by atoms with Crippen molar-refractivity contribution in [2.45, 2.75) is 20.4 Å². The number of guanidine groups is 1. The van der Waals surface area contributed by atoms with E-state index in [-0.39, 0.29) is 29.8 Å². The number of likely N-dealkylation sites (N-methyl/N-ethyl adjacent to an activating group) is 1. The lowest BCUT2D eigenvalue weighted by Gasteiger charge is -2.35. The van der Waals surface area contributed by atoms with Crippen LogP contribution in [-0.4, -0.2) is 64.3 Å². The molecule has 0 aromatic heterocycles. The molecule has 1 aliphatic rings. The fraction of sp³-hybridized carbons (Fsp3) is 0.458. The zero-order valence-electron chi connectivity index (χ0n) is 19.9. The van der Waals surface area contributed by atoms with E-state index in [0.29, 0.717) is 36.2 Å². The minimum atomic E-state index is -0.194. The van der Waals surface area contributed by atoms with E-state index in [1.54, 1.807) is 20.3 Å². The summed E-state index contributed by atoms with van der Waals surface area (Å²) in [7, 11) is 3.20. The van der Waals surface area contributed by atoms with E-state index in [0.717, 1.165) is 44.0 Å². The van der Waals surface area contributed by atoms with E-state index in [4.69, 9.17) is 9.47 Å². The molecular formula is C24H35FIN5O2. The maximum atomic E-state index is 14.8. The SMILES string of the molecule is CCNC(=NCc1ccc(N2CCN(CC)CC2)c(F)c1)Nc1ccc(OC)c(OC)c1.I. The predicted molar refractivity (Wildman–Crippen MR) is 144 cm³/mol. The first kappa shape index (κ1) is 27.0. The second kappa shape index (κ2) is 13.4. The van der Waals surface area contributed by atoms with Gasteiger partial charge in [-0.3, -0.25) is 0 Å². The molecule has 1 aliphatic heterocycles. The van der Waals surface area contributed by atoms with E-state index in [1.165, 1.54) is 0 Å². The summed E-state index contributed by atoms with van der Waals surface area (Å²) in [4.78, 5) is 9.12. The van der Waals surface area contributed by atoms with Gasteiger partial charge in [0.1, 0.15) is 5.82 Å². The summed E-state index contributed by atoms with van der Waals surface area (Å²) in [6.07, 6.45) is 0.